The molecule has 1 aliphatic heterocycles. The van der Waals surface area contributed by atoms with E-state index in [1.54, 1.807) is 29.3 Å². The van der Waals surface area contributed by atoms with E-state index in [4.69, 9.17) is 4.98 Å². The van der Waals surface area contributed by atoms with Gasteiger partial charge in [0, 0.05) is 33.6 Å². The minimum absolute atomic E-state index is 0.0274. The number of carbonyl (C=O) groups excluding carboxylic acids is 1. The van der Waals surface area contributed by atoms with Crippen molar-refractivity contribution < 1.29 is 4.79 Å². The molecule has 10 heteroatoms. The molecule has 5 rings (SSSR count). The molecule has 4 aromatic rings. The topological polar surface area (TPSA) is 95.0 Å². The summed E-state index contributed by atoms with van der Waals surface area (Å²) in [6.07, 6.45) is 5.56. The number of imidazole rings is 1. The van der Waals surface area contributed by atoms with Crippen molar-refractivity contribution in [1.29, 1.82) is 0 Å². The van der Waals surface area contributed by atoms with Crippen molar-refractivity contribution in [2.45, 2.75) is 44.7 Å². The second kappa shape index (κ2) is 8.58. The summed E-state index contributed by atoms with van der Waals surface area (Å²) in [5.41, 5.74) is 0.958. The SMILES string of the molecule is Cn1c(=O)c2c(ncn2CCCC(=O)N2CCCCC2c2nc3ccccc3s2)n(C)c1=O. The number of para-hydroxylation sites is 1. The molecule has 0 saturated carbocycles. The van der Waals surface area contributed by atoms with Crippen molar-refractivity contribution in [3.63, 3.8) is 0 Å². The number of aryl methyl sites for hydroxylation is 2. The van der Waals surface area contributed by atoms with Crippen LogP contribution < -0.4 is 11.2 Å². The molecule has 1 unspecified atom stereocenters. The van der Waals surface area contributed by atoms with E-state index < -0.39 is 5.69 Å². The maximum absolute atomic E-state index is 13.2. The van der Waals surface area contributed by atoms with E-state index >= 15 is 0 Å². The normalized spacial score (nSPS) is 16.7. The molecule has 0 spiro atoms. The molecule has 1 fully saturated rings. The number of carbonyl (C=O) groups is 1. The highest BCUT2D eigenvalue weighted by molar-refractivity contribution is 7.18. The van der Waals surface area contributed by atoms with Crippen LogP contribution in [0, 0.1) is 0 Å². The Morgan fingerprint density at radius 3 is 2.79 bits per heavy atom. The maximum atomic E-state index is 13.2. The van der Waals surface area contributed by atoms with Gasteiger partial charge >= 0.3 is 5.69 Å². The fraction of sp³-hybridized carbons (Fsp3) is 0.435. The van der Waals surface area contributed by atoms with Gasteiger partial charge in [-0.25, -0.2) is 14.8 Å². The summed E-state index contributed by atoms with van der Waals surface area (Å²) in [6, 6.07) is 8.11. The zero-order valence-corrected chi connectivity index (χ0v) is 19.5. The second-order valence-corrected chi connectivity index (χ2v) is 9.60. The zero-order valence-electron chi connectivity index (χ0n) is 18.7. The summed E-state index contributed by atoms with van der Waals surface area (Å²) in [6.45, 7) is 1.23. The van der Waals surface area contributed by atoms with Gasteiger partial charge in [-0.15, -0.1) is 11.3 Å². The van der Waals surface area contributed by atoms with Crippen LogP contribution in [0.2, 0.25) is 0 Å². The first-order chi connectivity index (χ1) is 16.0. The van der Waals surface area contributed by atoms with Crippen LogP contribution in [0.1, 0.15) is 43.2 Å². The first-order valence-electron chi connectivity index (χ1n) is 11.2. The van der Waals surface area contributed by atoms with Crippen LogP contribution in [0.3, 0.4) is 0 Å². The second-order valence-electron chi connectivity index (χ2n) is 8.54. The molecule has 0 bridgehead atoms. The summed E-state index contributed by atoms with van der Waals surface area (Å²) < 4.78 is 5.34. The minimum Gasteiger partial charge on any atom is -0.333 e. The number of hydrogen-bond donors (Lipinski definition) is 0. The summed E-state index contributed by atoms with van der Waals surface area (Å²) in [7, 11) is 3.06. The van der Waals surface area contributed by atoms with Crippen molar-refractivity contribution in [3.05, 3.63) is 56.4 Å². The molecule has 1 amide bonds. The van der Waals surface area contributed by atoms with E-state index in [2.05, 4.69) is 11.1 Å². The molecule has 9 nitrogen and oxygen atoms in total. The Labute approximate surface area is 193 Å². The fourth-order valence-electron chi connectivity index (χ4n) is 4.63. The average Bonchev–Trinajstić information content (AvgIpc) is 3.46. The number of likely N-dealkylation sites (tertiary alicyclic amines) is 1. The lowest BCUT2D eigenvalue weighted by atomic mass is 10.0. The van der Waals surface area contributed by atoms with Crippen LogP contribution in [-0.4, -0.2) is 41.0 Å². The molecule has 0 N–H and O–H groups in total. The predicted molar refractivity (Wildman–Crippen MR) is 127 cm³/mol. The van der Waals surface area contributed by atoms with Gasteiger partial charge in [0.2, 0.25) is 5.91 Å². The molecule has 1 aromatic carbocycles. The maximum Gasteiger partial charge on any atom is 0.332 e. The number of nitrogens with zero attached hydrogens (tertiary/aromatic N) is 6. The van der Waals surface area contributed by atoms with Crippen LogP contribution >= 0.6 is 11.3 Å². The number of piperidine rings is 1. The Morgan fingerprint density at radius 2 is 1.97 bits per heavy atom. The van der Waals surface area contributed by atoms with Gasteiger partial charge in [-0.2, -0.15) is 0 Å². The van der Waals surface area contributed by atoms with Crippen molar-refractivity contribution in [2.75, 3.05) is 6.54 Å². The molecule has 1 saturated heterocycles. The lowest BCUT2D eigenvalue weighted by Crippen LogP contribution is -2.38. The first-order valence-corrected chi connectivity index (χ1v) is 12.0. The molecular formula is C23H26N6O3S. The Balaban J connectivity index is 1.31. The van der Waals surface area contributed by atoms with Crippen LogP contribution in [0.5, 0.6) is 0 Å². The van der Waals surface area contributed by atoms with Gasteiger partial charge in [0.1, 0.15) is 5.01 Å². The number of fused-ring (bicyclic) bond motifs is 2. The summed E-state index contributed by atoms with van der Waals surface area (Å²) >= 11 is 1.67. The summed E-state index contributed by atoms with van der Waals surface area (Å²) in [4.78, 5) is 48.9. The van der Waals surface area contributed by atoms with Crippen LogP contribution in [0.25, 0.3) is 21.4 Å². The number of thiazole rings is 1. The third kappa shape index (κ3) is 3.78. The smallest absolute Gasteiger partial charge is 0.332 e. The monoisotopic (exact) mass is 466 g/mol. The van der Waals surface area contributed by atoms with Gasteiger partial charge in [0.25, 0.3) is 5.56 Å². The van der Waals surface area contributed by atoms with Gasteiger partial charge in [-0.3, -0.25) is 18.7 Å². The Bertz CT molecular complexity index is 1430. The standard InChI is InChI=1S/C23H26N6O3S/c1-26-20-19(22(31)27(2)23(26)32)28(14-24-20)12-7-11-18(30)29-13-6-5-9-16(29)21-25-15-8-3-4-10-17(15)33-21/h3-4,8,10,14,16H,5-7,9,11-13H2,1-2H3. The molecule has 172 valence electrons. The van der Waals surface area contributed by atoms with Crippen LogP contribution in [0.4, 0.5) is 0 Å². The van der Waals surface area contributed by atoms with Crippen molar-refractivity contribution in [3.8, 4) is 0 Å². The third-order valence-corrected chi connectivity index (χ3v) is 7.56. The summed E-state index contributed by atoms with van der Waals surface area (Å²) in [5.74, 6) is 0.115. The predicted octanol–water partition coefficient (Wildman–Crippen LogP) is 2.58. The molecule has 3 aromatic heterocycles. The fourth-order valence-corrected chi connectivity index (χ4v) is 5.75. The zero-order chi connectivity index (χ0) is 23.1. The highest BCUT2D eigenvalue weighted by Crippen LogP contribution is 2.36. The largest absolute Gasteiger partial charge is 0.333 e. The van der Waals surface area contributed by atoms with Crippen LogP contribution in [-0.2, 0) is 25.4 Å². The quantitative estimate of drug-likeness (QED) is 0.451. The van der Waals surface area contributed by atoms with Gasteiger partial charge in [0.05, 0.1) is 22.6 Å². The van der Waals surface area contributed by atoms with Gasteiger partial charge in [-0.05, 0) is 37.8 Å². The molecule has 0 radical (unpaired) electrons. The molecule has 1 aliphatic rings. The molecule has 1 atom stereocenters. The molecular weight excluding hydrogens is 440 g/mol. The Hall–Kier alpha value is -3.27. The number of rotatable bonds is 5. The van der Waals surface area contributed by atoms with Gasteiger partial charge in [0.15, 0.2) is 11.2 Å². The Kier molecular flexibility index (Phi) is 5.61. The lowest BCUT2D eigenvalue weighted by molar-refractivity contribution is -0.135. The van der Waals surface area contributed by atoms with E-state index in [1.165, 1.54) is 11.6 Å². The average molecular weight is 467 g/mol. The van der Waals surface area contributed by atoms with E-state index in [9.17, 15) is 14.4 Å². The van der Waals surface area contributed by atoms with Crippen LogP contribution in [0.15, 0.2) is 40.2 Å². The first kappa shape index (κ1) is 21.6. The number of aromatic nitrogens is 5. The van der Waals surface area contributed by atoms with E-state index in [1.807, 2.05) is 23.1 Å². The number of amides is 1. The highest BCUT2D eigenvalue weighted by Gasteiger charge is 2.30. The van der Waals surface area contributed by atoms with Crippen molar-refractivity contribution in [1.82, 2.24) is 28.6 Å². The Morgan fingerprint density at radius 1 is 1.15 bits per heavy atom. The van der Waals surface area contributed by atoms with E-state index in [-0.39, 0.29) is 17.5 Å². The number of benzene rings is 1. The van der Waals surface area contributed by atoms with Crippen molar-refractivity contribution in [2.24, 2.45) is 14.1 Å². The minimum atomic E-state index is -0.404. The molecule has 0 aliphatic carbocycles. The summed E-state index contributed by atoms with van der Waals surface area (Å²) in [5, 5.41) is 1.01. The van der Waals surface area contributed by atoms with Gasteiger partial charge < -0.3 is 9.47 Å². The number of hydrogen-bond acceptors (Lipinski definition) is 6. The third-order valence-electron chi connectivity index (χ3n) is 6.43. The van der Waals surface area contributed by atoms with Crippen molar-refractivity contribution >= 4 is 38.6 Å². The molecule has 4 heterocycles. The molecule has 33 heavy (non-hydrogen) atoms. The highest BCUT2D eigenvalue weighted by atomic mass is 32.1. The van der Waals surface area contributed by atoms with E-state index in [0.29, 0.717) is 30.6 Å². The lowest BCUT2D eigenvalue weighted by Gasteiger charge is -2.34. The van der Waals surface area contributed by atoms with Gasteiger partial charge in [-0.1, -0.05) is 12.1 Å². The van der Waals surface area contributed by atoms with E-state index in [0.717, 1.165) is 45.6 Å².